The molecular formula is C6H5ClF3N5O2S. The van der Waals surface area contributed by atoms with Crippen LogP contribution in [-0.2, 0) is 6.54 Å². The lowest BCUT2D eigenvalue weighted by Crippen LogP contribution is -2.45. The van der Waals surface area contributed by atoms with Gasteiger partial charge in [-0.05, 0) is 0 Å². The summed E-state index contributed by atoms with van der Waals surface area (Å²) >= 11 is 6.54. The quantitative estimate of drug-likeness (QED) is 0.290. The molecule has 0 bridgehead atoms. The average molecular weight is 304 g/mol. The predicted octanol–water partition coefficient (Wildman–Crippen LogP) is 1.54. The Bertz CT molecular complexity index is 462. The van der Waals surface area contributed by atoms with E-state index in [0.717, 1.165) is 16.7 Å². The molecule has 0 fully saturated rings. The molecular weight excluding hydrogens is 299 g/mol. The fourth-order valence-corrected chi connectivity index (χ4v) is 1.77. The number of hydrogen-bond donors (Lipinski definition) is 2. The van der Waals surface area contributed by atoms with Crippen molar-refractivity contribution >= 4 is 28.9 Å². The van der Waals surface area contributed by atoms with Gasteiger partial charge in [-0.1, -0.05) is 11.6 Å². The second kappa shape index (κ2) is 5.82. The summed E-state index contributed by atoms with van der Waals surface area (Å²) < 4.78 is 36.2. The number of hydrazone groups is 1. The third-order valence-corrected chi connectivity index (χ3v) is 2.51. The molecule has 0 radical (unpaired) electrons. The molecule has 12 heteroatoms. The first-order chi connectivity index (χ1) is 8.26. The summed E-state index contributed by atoms with van der Waals surface area (Å²) in [7, 11) is 0. The summed E-state index contributed by atoms with van der Waals surface area (Å²) in [5, 5.41) is 14.4. The zero-order valence-electron chi connectivity index (χ0n) is 8.36. The van der Waals surface area contributed by atoms with E-state index in [1.54, 1.807) is 0 Å². The first kappa shape index (κ1) is 14.4. The van der Waals surface area contributed by atoms with Gasteiger partial charge in [0.25, 0.3) is 5.96 Å². The Morgan fingerprint density at radius 1 is 1.67 bits per heavy atom. The maximum absolute atomic E-state index is 12.0. The number of rotatable bonds is 3. The SMILES string of the molecule is O=[N+]([O-])/N=C(/NCc1cnc(Cl)s1)NC(F)(F)F. The van der Waals surface area contributed by atoms with Crippen molar-refractivity contribution in [3.63, 3.8) is 0 Å². The van der Waals surface area contributed by atoms with Gasteiger partial charge >= 0.3 is 6.30 Å². The first-order valence-corrected chi connectivity index (χ1v) is 5.37. The Morgan fingerprint density at radius 2 is 2.33 bits per heavy atom. The smallest absolute Gasteiger partial charge is 0.346 e. The minimum Gasteiger partial charge on any atom is -0.346 e. The molecule has 18 heavy (non-hydrogen) atoms. The minimum atomic E-state index is -4.83. The lowest BCUT2D eigenvalue weighted by molar-refractivity contribution is -0.485. The number of alkyl halides is 3. The first-order valence-electron chi connectivity index (χ1n) is 4.18. The van der Waals surface area contributed by atoms with Crippen LogP contribution in [0.3, 0.4) is 0 Å². The maximum atomic E-state index is 12.0. The Kier molecular flexibility index (Phi) is 4.67. The highest BCUT2D eigenvalue weighted by Gasteiger charge is 2.30. The maximum Gasteiger partial charge on any atom is 0.484 e. The number of hydrogen-bond acceptors (Lipinski definition) is 4. The zero-order valence-corrected chi connectivity index (χ0v) is 9.94. The Morgan fingerprint density at radius 3 is 2.78 bits per heavy atom. The van der Waals surface area contributed by atoms with E-state index in [9.17, 15) is 23.3 Å². The number of nitro groups is 1. The topological polar surface area (TPSA) is 92.5 Å². The molecule has 0 unspecified atom stereocenters. The molecule has 1 aromatic heterocycles. The highest BCUT2D eigenvalue weighted by Crippen LogP contribution is 2.17. The van der Waals surface area contributed by atoms with Gasteiger partial charge in [0, 0.05) is 11.1 Å². The van der Waals surface area contributed by atoms with E-state index in [0.29, 0.717) is 4.88 Å². The van der Waals surface area contributed by atoms with E-state index in [1.807, 2.05) is 0 Å². The number of halogens is 4. The van der Waals surface area contributed by atoms with Crippen LogP contribution in [0.5, 0.6) is 0 Å². The largest absolute Gasteiger partial charge is 0.484 e. The second-order valence-corrected chi connectivity index (χ2v) is 4.44. The van der Waals surface area contributed by atoms with Gasteiger partial charge in [-0.15, -0.1) is 11.3 Å². The molecule has 0 aliphatic rings. The third kappa shape index (κ3) is 5.63. The van der Waals surface area contributed by atoms with E-state index in [1.165, 1.54) is 6.20 Å². The molecule has 0 aromatic carbocycles. The van der Waals surface area contributed by atoms with E-state index in [-0.39, 0.29) is 11.0 Å². The molecule has 0 amide bonds. The molecule has 0 saturated heterocycles. The second-order valence-electron chi connectivity index (χ2n) is 2.74. The molecule has 0 aliphatic heterocycles. The number of guanidine groups is 1. The number of aromatic nitrogens is 1. The fraction of sp³-hybridized carbons (Fsp3) is 0.333. The molecule has 0 aliphatic carbocycles. The lowest BCUT2D eigenvalue weighted by Gasteiger charge is -2.10. The van der Waals surface area contributed by atoms with Crippen LogP contribution in [0.15, 0.2) is 11.3 Å². The molecule has 7 nitrogen and oxygen atoms in total. The van der Waals surface area contributed by atoms with Gasteiger partial charge in [0.1, 0.15) is 5.10 Å². The van der Waals surface area contributed by atoms with Crippen LogP contribution < -0.4 is 10.6 Å². The number of nitrogens with one attached hydrogen (secondary N) is 2. The standard InChI is InChI=1S/C6H5ClF3N5O2S/c7-4-11-1-3(18-4)2-12-5(14-15(16)17)13-6(8,9)10/h1H,2H2,(H2,12,13,14). The molecule has 1 heterocycles. The molecule has 2 N–H and O–H groups in total. The molecule has 0 atom stereocenters. The lowest BCUT2D eigenvalue weighted by atomic mass is 10.5. The van der Waals surface area contributed by atoms with Crippen molar-refractivity contribution in [1.29, 1.82) is 0 Å². The molecule has 0 saturated carbocycles. The van der Waals surface area contributed by atoms with Gasteiger partial charge in [0.15, 0.2) is 9.50 Å². The number of thiazole rings is 1. The average Bonchev–Trinajstić information content (AvgIpc) is 2.57. The van der Waals surface area contributed by atoms with E-state index in [2.05, 4.69) is 15.4 Å². The Hall–Kier alpha value is -1.62. The van der Waals surface area contributed by atoms with E-state index < -0.39 is 17.3 Å². The third-order valence-electron chi connectivity index (χ3n) is 1.40. The van der Waals surface area contributed by atoms with Crippen molar-refractivity contribution in [2.45, 2.75) is 12.8 Å². The molecule has 1 aromatic rings. The minimum absolute atomic E-state index is 0.125. The van der Waals surface area contributed by atoms with Crippen LogP contribution in [-0.4, -0.2) is 22.3 Å². The summed E-state index contributed by atoms with van der Waals surface area (Å²) in [6.45, 7) is -0.125. The number of nitrogens with zero attached hydrogens (tertiary/aromatic N) is 3. The van der Waals surface area contributed by atoms with Crippen molar-refractivity contribution in [3.8, 4) is 0 Å². The van der Waals surface area contributed by atoms with Gasteiger partial charge in [-0.2, -0.15) is 13.2 Å². The summed E-state index contributed by atoms with van der Waals surface area (Å²) in [4.78, 5) is 14.2. The predicted molar refractivity (Wildman–Crippen MR) is 57.6 cm³/mol. The van der Waals surface area contributed by atoms with Crippen molar-refractivity contribution in [2.75, 3.05) is 0 Å². The van der Waals surface area contributed by atoms with Crippen LogP contribution in [0.4, 0.5) is 13.2 Å². The van der Waals surface area contributed by atoms with Crippen LogP contribution in [0, 0.1) is 10.1 Å². The monoisotopic (exact) mass is 303 g/mol. The summed E-state index contributed by atoms with van der Waals surface area (Å²) in [5.41, 5.74) is 0. The highest BCUT2D eigenvalue weighted by molar-refractivity contribution is 7.15. The van der Waals surface area contributed by atoms with Crippen LogP contribution >= 0.6 is 22.9 Å². The van der Waals surface area contributed by atoms with Crippen molar-refractivity contribution in [1.82, 2.24) is 15.6 Å². The van der Waals surface area contributed by atoms with Crippen molar-refractivity contribution in [2.24, 2.45) is 5.10 Å². The van der Waals surface area contributed by atoms with E-state index >= 15 is 0 Å². The van der Waals surface area contributed by atoms with Crippen LogP contribution in [0.25, 0.3) is 0 Å². The van der Waals surface area contributed by atoms with Crippen molar-refractivity contribution in [3.05, 3.63) is 25.7 Å². The van der Waals surface area contributed by atoms with Crippen LogP contribution in [0.2, 0.25) is 4.47 Å². The van der Waals surface area contributed by atoms with Gasteiger partial charge < -0.3 is 5.32 Å². The Labute approximate surface area is 107 Å². The van der Waals surface area contributed by atoms with Crippen molar-refractivity contribution < 1.29 is 18.2 Å². The molecule has 1 rings (SSSR count). The summed E-state index contributed by atoms with van der Waals surface area (Å²) in [5.74, 6) is -1.02. The van der Waals surface area contributed by atoms with Gasteiger partial charge in [-0.25, -0.2) is 15.1 Å². The van der Waals surface area contributed by atoms with Crippen LogP contribution in [0.1, 0.15) is 4.88 Å². The molecule has 100 valence electrons. The normalized spacial score (nSPS) is 12.3. The van der Waals surface area contributed by atoms with E-state index in [4.69, 9.17) is 11.6 Å². The highest BCUT2D eigenvalue weighted by atomic mass is 35.5. The van der Waals surface area contributed by atoms with Gasteiger partial charge in [0.2, 0.25) is 0 Å². The summed E-state index contributed by atoms with van der Waals surface area (Å²) in [6, 6.07) is 0. The Balaban J connectivity index is 2.65. The van der Waals surface area contributed by atoms with Gasteiger partial charge in [0.05, 0.1) is 6.54 Å². The fourth-order valence-electron chi connectivity index (χ4n) is 0.857. The zero-order chi connectivity index (χ0) is 13.8. The molecule has 0 spiro atoms. The summed E-state index contributed by atoms with van der Waals surface area (Å²) in [6.07, 6.45) is -3.50. The van der Waals surface area contributed by atoms with Gasteiger partial charge in [-0.3, -0.25) is 5.32 Å².